The van der Waals surface area contributed by atoms with Crippen molar-refractivity contribution in [2.24, 2.45) is 0 Å². The van der Waals surface area contributed by atoms with Gasteiger partial charge in [-0.15, -0.1) is 0 Å². The standard InChI is InChI=1S/C17H21N5O2/c1-12(8-22-11-18-10-19-22)20-17(23)16-14(9-21(2)3)13-6-4-5-7-15(13)24-16/h4-7,10-12H,8-9H2,1-3H3,(H,20,23)/t12-/m1/s1. The van der Waals surface area contributed by atoms with Crippen molar-refractivity contribution in [3.63, 3.8) is 0 Å². The van der Waals surface area contributed by atoms with Gasteiger partial charge >= 0.3 is 0 Å². The average molecular weight is 327 g/mol. The van der Waals surface area contributed by atoms with Crippen molar-refractivity contribution in [3.8, 4) is 0 Å². The van der Waals surface area contributed by atoms with Gasteiger partial charge in [-0.25, -0.2) is 4.98 Å². The van der Waals surface area contributed by atoms with Crippen molar-refractivity contribution in [2.75, 3.05) is 14.1 Å². The van der Waals surface area contributed by atoms with Crippen molar-refractivity contribution in [1.82, 2.24) is 25.0 Å². The number of furan rings is 1. The first kappa shape index (κ1) is 16.2. The van der Waals surface area contributed by atoms with Gasteiger partial charge in [0.15, 0.2) is 5.76 Å². The van der Waals surface area contributed by atoms with Gasteiger partial charge in [-0.2, -0.15) is 5.10 Å². The van der Waals surface area contributed by atoms with Crippen LogP contribution in [-0.2, 0) is 13.1 Å². The maximum atomic E-state index is 12.7. The molecule has 24 heavy (non-hydrogen) atoms. The topological polar surface area (TPSA) is 76.2 Å². The Balaban J connectivity index is 1.83. The van der Waals surface area contributed by atoms with E-state index in [-0.39, 0.29) is 11.9 Å². The summed E-state index contributed by atoms with van der Waals surface area (Å²) in [6.45, 7) is 3.11. The van der Waals surface area contributed by atoms with Crippen LogP contribution < -0.4 is 5.32 Å². The molecule has 1 amide bonds. The quantitative estimate of drug-likeness (QED) is 0.748. The van der Waals surface area contributed by atoms with Crippen LogP contribution in [0.1, 0.15) is 23.0 Å². The third kappa shape index (κ3) is 3.46. The summed E-state index contributed by atoms with van der Waals surface area (Å²) < 4.78 is 7.51. The highest BCUT2D eigenvalue weighted by atomic mass is 16.3. The number of amides is 1. The summed E-state index contributed by atoms with van der Waals surface area (Å²) in [7, 11) is 3.94. The van der Waals surface area contributed by atoms with E-state index in [9.17, 15) is 4.79 Å². The molecule has 126 valence electrons. The van der Waals surface area contributed by atoms with Crippen LogP contribution in [0.25, 0.3) is 11.0 Å². The number of hydrogen-bond acceptors (Lipinski definition) is 5. The molecule has 0 spiro atoms. The van der Waals surface area contributed by atoms with E-state index in [2.05, 4.69) is 15.4 Å². The molecule has 0 aliphatic carbocycles. The minimum Gasteiger partial charge on any atom is -0.451 e. The molecule has 0 unspecified atom stereocenters. The van der Waals surface area contributed by atoms with E-state index in [0.29, 0.717) is 18.8 Å². The van der Waals surface area contributed by atoms with Gasteiger partial charge in [-0.1, -0.05) is 18.2 Å². The predicted octanol–water partition coefficient (Wildman–Crippen LogP) is 1.90. The maximum absolute atomic E-state index is 12.7. The Morgan fingerprint density at radius 3 is 2.88 bits per heavy atom. The fourth-order valence-corrected chi connectivity index (χ4v) is 2.70. The monoisotopic (exact) mass is 327 g/mol. The van der Waals surface area contributed by atoms with Gasteiger partial charge in [0.2, 0.25) is 0 Å². The normalized spacial score (nSPS) is 12.7. The number of rotatable bonds is 6. The van der Waals surface area contributed by atoms with Crippen LogP contribution in [-0.4, -0.2) is 45.7 Å². The Labute approximate surface area is 140 Å². The molecule has 1 N–H and O–H groups in total. The van der Waals surface area contributed by atoms with Gasteiger partial charge in [-0.05, 0) is 27.1 Å². The summed E-state index contributed by atoms with van der Waals surface area (Å²) in [5.41, 5.74) is 1.63. The number of carbonyl (C=O) groups excluding carboxylic acids is 1. The SMILES string of the molecule is C[C@H](Cn1cncn1)NC(=O)c1oc2ccccc2c1CN(C)C. The minimum atomic E-state index is -0.212. The number of benzene rings is 1. The zero-order chi connectivity index (χ0) is 17.1. The second-order valence-corrected chi connectivity index (χ2v) is 6.14. The smallest absolute Gasteiger partial charge is 0.287 e. The zero-order valence-corrected chi connectivity index (χ0v) is 14.1. The fraction of sp³-hybridized carbons (Fsp3) is 0.353. The lowest BCUT2D eigenvalue weighted by Gasteiger charge is -2.14. The molecule has 3 rings (SSSR count). The van der Waals surface area contributed by atoms with Crippen molar-refractivity contribution >= 4 is 16.9 Å². The summed E-state index contributed by atoms with van der Waals surface area (Å²) in [6.07, 6.45) is 3.10. The first-order valence-electron chi connectivity index (χ1n) is 7.83. The molecule has 3 aromatic rings. The summed E-state index contributed by atoms with van der Waals surface area (Å²) in [6, 6.07) is 7.61. The van der Waals surface area contributed by atoms with Gasteiger partial charge in [0, 0.05) is 23.5 Å². The Morgan fingerprint density at radius 1 is 1.38 bits per heavy atom. The summed E-state index contributed by atoms with van der Waals surface area (Å²) in [5.74, 6) is 0.158. The first-order chi connectivity index (χ1) is 11.5. The van der Waals surface area contributed by atoms with Crippen molar-refractivity contribution in [1.29, 1.82) is 0 Å². The highest BCUT2D eigenvalue weighted by Gasteiger charge is 2.22. The predicted molar refractivity (Wildman–Crippen MR) is 90.6 cm³/mol. The number of nitrogens with one attached hydrogen (secondary N) is 1. The van der Waals surface area contributed by atoms with Gasteiger partial charge in [0.25, 0.3) is 5.91 Å². The van der Waals surface area contributed by atoms with Gasteiger partial charge in [0.1, 0.15) is 18.2 Å². The van der Waals surface area contributed by atoms with Crippen LogP contribution in [0.15, 0.2) is 41.3 Å². The van der Waals surface area contributed by atoms with E-state index in [1.54, 1.807) is 11.0 Å². The molecule has 0 saturated carbocycles. The van der Waals surface area contributed by atoms with Crippen LogP contribution in [0.3, 0.4) is 0 Å². The molecule has 0 saturated heterocycles. The Hall–Kier alpha value is -2.67. The van der Waals surface area contributed by atoms with Gasteiger partial charge in [-0.3, -0.25) is 9.48 Å². The lowest BCUT2D eigenvalue weighted by molar-refractivity contribution is 0.0908. The number of nitrogens with zero attached hydrogens (tertiary/aromatic N) is 4. The third-order valence-electron chi connectivity index (χ3n) is 3.68. The van der Waals surface area contributed by atoms with Crippen LogP contribution in [0.4, 0.5) is 0 Å². The molecule has 0 fully saturated rings. The minimum absolute atomic E-state index is 0.0976. The molecular formula is C17H21N5O2. The molecule has 0 aliphatic rings. The zero-order valence-electron chi connectivity index (χ0n) is 14.1. The third-order valence-corrected chi connectivity index (χ3v) is 3.68. The van der Waals surface area contributed by atoms with Crippen molar-refractivity contribution in [3.05, 3.63) is 48.2 Å². The lowest BCUT2D eigenvalue weighted by Crippen LogP contribution is -2.36. The molecule has 1 atom stereocenters. The van der Waals surface area contributed by atoms with E-state index in [1.807, 2.05) is 50.2 Å². The molecule has 2 heterocycles. The molecule has 0 aliphatic heterocycles. The summed E-state index contributed by atoms with van der Waals surface area (Å²) in [4.78, 5) is 18.6. The molecule has 2 aromatic heterocycles. The first-order valence-corrected chi connectivity index (χ1v) is 7.83. The molecule has 0 bridgehead atoms. The van der Waals surface area contributed by atoms with Crippen LogP contribution >= 0.6 is 0 Å². The van der Waals surface area contributed by atoms with Gasteiger partial charge in [0.05, 0.1) is 6.54 Å². The van der Waals surface area contributed by atoms with E-state index < -0.39 is 0 Å². The van der Waals surface area contributed by atoms with Crippen molar-refractivity contribution in [2.45, 2.75) is 26.1 Å². The average Bonchev–Trinajstić information content (AvgIpc) is 3.15. The van der Waals surface area contributed by atoms with E-state index >= 15 is 0 Å². The number of hydrogen-bond donors (Lipinski definition) is 1. The van der Waals surface area contributed by atoms with E-state index in [4.69, 9.17) is 4.42 Å². The maximum Gasteiger partial charge on any atom is 0.287 e. The summed E-state index contributed by atoms with van der Waals surface area (Å²) in [5, 5.41) is 7.99. The number of aromatic nitrogens is 3. The Bertz CT molecular complexity index is 823. The number of para-hydroxylation sites is 1. The summed E-state index contributed by atoms with van der Waals surface area (Å²) >= 11 is 0. The second-order valence-electron chi connectivity index (χ2n) is 6.14. The fourth-order valence-electron chi connectivity index (χ4n) is 2.70. The molecular weight excluding hydrogens is 306 g/mol. The van der Waals surface area contributed by atoms with E-state index in [1.165, 1.54) is 6.33 Å². The molecule has 0 radical (unpaired) electrons. The Morgan fingerprint density at radius 2 is 2.17 bits per heavy atom. The van der Waals surface area contributed by atoms with Crippen LogP contribution in [0.2, 0.25) is 0 Å². The molecule has 1 aromatic carbocycles. The highest BCUT2D eigenvalue weighted by molar-refractivity contribution is 5.99. The second kappa shape index (κ2) is 6.84. The van der Waals surface area contributed by atoms with Crippen molar-refractivity contribution < 1.29 is 9.21 Å². The number of carbonyl (C=O) groups is 1. The number of fused-ring (bicyclic) bond motifs is 1. The Kier molecular flexibility index (Phi) is 4.61. The van der Waals surface area contributed by atoms with Crippen LogP contribution in [0.5, 0.6) is 0 Å². The highest BCUT2D eigenvalue weighted by Crippen LogP contribution is 2.26. The largest absolute Gasteiger partial charge is 0.451 e. The van der Waals surface area contributed by atoms with E-state index in [0.717, 1.165) is 16.5 Å². The van der Waals surface area contributed by atoms with Crippen LogP contribution in [0, 0.1) is 0 Å². The lowest BCUT2D eigenvalue weighted by atomic mass is 10.1. The van der Waals surface area contributed by atoms with Gasteiger partial charge < -0.3 is 14.6 Å². The molecule has 7 heteroatoms. The molecule has 7 nitrogen and oxygen atoms in total.